The molecule has 3 rings (SSSR count). The van der Waals surface area contributed by atoms with Crippen molar-refractivity contribution < 1.29 is 9.18 Å². The van der Waals surface area contributed by atoms with Crippen molar-refractivity contribution in [2.75, 3.05) is 17.3 Å². The predicted octanol–water partition coefficient (Wildman–Crippen LogP) is 2.14. The van der Waals surface area contributed by atoms with Gasteiger partial charge in [-0.05, 0) is 37.5 Å². The van der Waals surface area contributed by atoms with E-state index in [1.807, 2.05) is 11.9 Å². The average molecular weight is 220 g/mol. The summed E-state index contributed by atoms with van der Waals surface area (Å²) < 4.78 is 13.1. The number of anilines is 2. The van der Waals surface area contributed by atoms with Crippen LogP contribution in [0.5, 0.6) is 0 Å². The van der Waals surface area contributed by atoms with Crippen LogP contribution in [-0.2, 0) is 4.79 Å². The van der Waals surface area contributed by atoms with Crippen molar-refractivity contribution in [1.29, 1.82) is 0 Å². The maximum atomic E-state index is 13.1. The van der Waals surface area contributed by atoms with E-state index >= 15 is 0 Å². The minimum Gasteiger partial charge on any atom is -0.358 e. The number of fused-ring (bicyclic) bond motifs is 1. The van der Waals surface area contributed by atoms with Gasteiger partial charge in [-0.3, -0.25) is 4.79 Å². The SMILES string of the molecule is CN1c2ccc(F)cc2NC(=O)C12CCC2. The summed E-state index contributed by atoms with van der Waals surface area (Å²) in [5, 5.41) is 2.80. The van der Waals surface area contributed by atoms with Crippen LogP contribution in [0.2, 0.25) is 0 Å². The normalized spacial score (nSPS) is 21.4. The van der Waals surface area contributed by atoms with E-state index in [4.69, 9.17) is 0 Å². The fourth-order valence-electron chi connectivity index (χ4n) is 2.60. The lowest BCUT2D eigenvalue weighted by Gasteiger charge is -2.51. The summed E-state index contributed by atoms with van der Waals surface area (Å²) in [5.74, 6) is -0.323. The molecule has 3 nitrogen and oxygen atoms in total. The third-order valence-electron chi connectivity index (χ3n) is 3.81. The molecular formula is C12H13FN2O. The van der Waals surface area contributed by atoms with Gasteiger partial charge in [-0.15, -0.1) is 0 Å². The molecule has 1 aromatic rings. The standard InChI is InChI=1S/C12H13FN2O/c1-15-10-4-3-8(13)7-9(10)14-11(16)12(15)5-2-6-12/h3-4,7H,2,5-6H2,1H3,(H,14,16). The van der Waals surface area contributed by atoms with Gasteiger partial charge < -0.3 is 10.2 Å². The second-order valence-corrected chi connectivity index (χ2v) is 4.56. The molecule has 0 unspecified atom stereocenters. The molecule has 1 aliphatic carbocycles. The number of nitrogens with one attached hydrogen (secondary N) is 1. The fourth-order valence-corrected chi connectivity index (χ4v) is 2.60. The van der Waals surface area contributed by atoms with Crippen LogP contribution in [0.4, 0.5) is 15.8 Å². The van der Waals surface area contributed by atoms with E-state index < -0.39 is 0 Å². The molecule has 84 valence electrons. The van der Waals surface area contributed by atoms with Crippen molar-refractivity contribution in [3.8, 4) is 0 Å². The van der Waals surface area contributed by atoms with E-state index in [0.29, 0.717) is 5.69 Å². The first-order valence-corrected chi connectivity index (χ1v) is 5.48. The maximum Gasteiger partial charge on any atom is 0.250 e. The Morgan fingerprint density at radius 3 is 2.81 bits per heavy atom. The van der Waals surface area contributed by atoms with E-state index in [1.165, 1.54) is 12.1 Å². The quantitative estimate of drug-likeness (QED) is 0.726. The van der Waals surface area contributed by atoms with Gasteiger partial charge in [-0.2, -0.15) is 0 Å². The van der Waals surface area contributed by atoms with Crippen LogP contribution in [0.25, 0.3) is 0 Å². The molecule has 2 aliphatic rings. The number of amides is 1. The largest absolute Gasteiger partial charge is 0.358 e. The topological polar surface area (TPSA) is 32.3 Å². The number of hydrogen-bond acceptors (Lipinski definition) is 2. The molecule has 16 heavy (non-hydrogen) atoms. The Morgan fingerprint density at radius 1 is 1.44 bits per heavy atom. The van der Waals surface area contributed by atoms with Crippen LogP contribution in [0.1, 0.15) is 19.3 Å². The second-order valence-electron chi connectivity index (χ2n) is 4.56. The molecule has 1 aliphatic heterocycles. The molecule has 1 fully saturated rings. The van der Waals surface area contributed by atoms with E-state index in [2.05, 4.69) is 5.32 Å². The van der Waals surface area contributed by atoms with Gasteiger partial charge in [0.15, 0.2) is 0 Å². The number of nitrogens with zero attached hydrogens (tertiary/aromatic N) is 1. The van der Waals surface area contributed by atoms with Crippen LogP contribution < -0.4 is 10.2 Å². The molecular weight excluding hydrogens is 207 g/mol. The zero-order chi connectivity index (χ0) is 11.3. The van der Waals surface area contributed by atoms with Crippen molar-refractivity contribution >= 4 is 17.3 Å². The third-order valence-corrected chi connectivity index (χ3v) is 3.81. The van der Waals surface area contributed by atoms with E-state index in [9.17, 15) is 9.18 Å². The molecule has 4 heteroatoms. The second kappa shape index (κ2) is 2.97. The fraction of sp³-hybridized carbons (Fsp3) is 0.417. The molecule has 0 bridgehead atoms. The highest BCUT2D eigenvalue weighted by atomic mass is 19.1. The van der Waals surface area contributed by atoms with Crippen molar-refractivity contribution in [2.24, 2.45) is 0 Å². The van der Waals surface area contributed by atoms with Crippen molar-refractivity contribution in [3.05, 3.63) is 24.0 Å². The van der Waals surface area contributed by atoms with Crippen LogP contribution in [0.15, 0.2) is 18.2 Å². The zero-order valence-electron chi connectivity index (χ0n) is 9.09. The molecule has 1 spiro atoms. The third kappa shape index (κ3) is 1.04. The summed E-state index contributed by atoms with van der Waals surface area (Å²) in [6.45, 7) is 0. The van der Waals surface area contributed by atoms with Crippen molar-refractivity contribution in [3.63, 3.8) is 0 Å². The van der Waals surface area contributed by atoms with Gasteiger partial charge in [-0.1, -0.05) is 0 Å². The molecule has 0 aromatic heterocycles. The number of carbonyl (C=O) groups is 1. The van der Waals surface area contributed by atoms with Crippen LogP contribution in [0.3, 0.4) is 0 Å². The summed E-state index contributed by atoms with van der Waals surface area (Å²) in [7, 11) is 1.91. The first kappa shape index (κ1) is 9.63. The summed E-state index contributed by atoms with van der Waals surface area (Å²) >= 11 is 0. The van der Waals surface area contributed by atoms with Crippen LogP contribution >= 0.6 is 0 Å². The van der Waals surface area contributed by atoms with Gasteiger partial charge in [0.2, 0.25) is 5.91 Å². The average Bonchev–Trinajstić information content (AvgIpc) is 2.14. The first-order chi connectivity index (χ1) is 7.63. The molecule has 1 amide bonds. The molecule has 1 aromatic carbocycles. The minimum absolute atomic E-state index is 0.000602. The Balaban J connectivity index is 2.10. The lowest BCUT2D eigenvalue weighted by Crippen LogP contribution is -2.62. The number of carbonyl (C=O) groups excluding carboxylic acids is 1. The maximum absolute atomic E-state index is 13.1. The highest BCUT2D eigenvalue weighted by Crippen LogP contribution is 2.45. The minimum atomic E-state index is -0.384. The van der Waals surface area contributed by atoms with Gasteiger partial charge in [0.25, 0.3) is 0 Å². The van der Waals surface area contributed by atoms with Crippen LogP contribution in [0, 0.1) is 5.82 Å². The molecule has 0 atom stereocenters. The number of likely N-dealkylation sites (N-methyl/N-ethyl adjacent to an activating group) is 1. The Hall–Kier alpha value is -1.58. The van der Waals surface area contributed by atoms with E-state index in [-0.39, 0.29) is 17.3 Å². The number of hydrogen-bond donors (Lipinski definition) is 1. The highest BCUT2D eigenvalue weighted by molar-refractivity contribution is 6.07. The van der Waals surface area contributed by atoms with E-state index in [1.54, 1.807) is 6.07 Å². The summed E-state index contributed by atoms with van der Waals surface area (Å²) in [6, 6.07) is 4.53. The van der Waals surface area contributed by atoms with Gasteiger partial charge in [0, 0.05) is 7.05 Å². The molecule has 1 heterocycles. The number of halogens is 1. The van der Waals surface area contributed by atoms with Gasteiger partial charge in [0.1, 0.15) is 11.4 Å². The van der Waals surface area contributed by atoms with Gasteiger partial charge in [-0.25, -0.2) is 4.39 Å². The van der Waals surface area contributed by atoms with Crippen molar-refractivity contribution in [2.45, 2.75) is 24.8 Å². The zero-order valence-corrected chi connectivity index (χ0v) is 9.09. The summed E-state index contributed by atoms with van der Waals surface area (Å²) in [6.07, 6.45) is 2.84. The smallest absolute Gasteiger partial charge is 0.250 e. The Morgan fingerprint density at radius 2 is 2.19 bits per heavy atom. The monoisotopic (exact) mass is 220 g/mol. The van der Waals surface area contributed by atoms with Gasteiger partial charge >= 0.3 is 0 Å². The summed E-state index contributed by atoms with van der Waals surface area (Å²) in [5.41, 5.74) is 1.09. The number of rotatable bonds is 0. The molecule has 0 radical (unpaired) electrons. The Labute approximate surface area is 93.2 Å². The lowest BCUT2D eigenvalue weighted by molar-refractivity contribution is -0.124. The Bertz CT molecular complexity index is 468. The Kier molecular flexibility index (Phi) is 1.79. The lowest BCUT2D eigenvalue weighted by atomic mass is 9.73. The molecule has 0 saturated heterocycles. The first-order valence-electron chi connectivity index (χ1n) is 5.48. The number of benzene rings is 1. The molecule has 1 saturated carbocycles. The molecule has 1 N–H and O–H groups in total. The summed E-state index contributed by atoms with van der Waals surface area (Å²) in [4.78, 5) is 14.0. The van der Waals surface area contributed by atoms with Gasteiger partial charge in [0.05, 0.1) is 11.4 Å². The van der Waals surface area contributed by atoms with E-state index in [0.717, 1.165) is 24.9 Å². The highest BCUT2D eigenvalue weighted by Gasteiger charge is 2.50. The van der Waals surface area contributed by atoms with Crippen molar-refractivity contribution in [1.82, 2.24) is 0 Å². The van der Waals surface area contributed by atoms with Crippen LogP contribution in [-0.4, -0.2) is 18.5 Å². The predicted molar refractivity (Wildman–Crippen MR) is 60.0 cm³/mol.